The quantitative estimate of drug-likeness (QED) is 0.0886. The summed E-state index contributed by atoms with van der Waals surface area (Å²) in [4.78, 5) is 47.8. The number of hydrogen-bond acceptors (Lipinski definition) is 15. The molecule has 115 heavy (non-hydrogen) atoms. The summed E-state index contributed by atoms with van der Waals surface area (Å²) in [6.45, 7) is 15.8. The number of hydrogen-bond donors (Lipinski definition) is 4. The maximum absolute atomic E-state index is 5.45. The zero-order chi connectivity index (χ0) is 77.4. The SMILES string of the molecule is Cc1noc(C)c1-c1cc(-c2ccc3ccccn23)c2nc(C3CC3)[nH]c2c1.Cc1noc(C)c1-c1cc(-c2cccc3cccnc23)c2nc(C3CC3)[nH]c2c1.Cc1noc(C)c1-c1cc(-c2cccc3cnccc23)c2nc(C3CC3)[nH]c2c1.Cc1noc(C)c1-c1cc(-c2cccc3ncccc23)c2nc(C3CC3)[nH]c2c1. The fourth-order valence-corrected chi connectivity index (χ4v) is 17.0. The minimum absolute atomic E-state index is 0.559. The smallest absolute Gasteiger partial charge is 0.141 e. The monoisotopic (exact) mass is 1510 g/mol. The van der Waals surface area contributed by atoms with Crippen LogP contribution in [0.15, 0.2) is 213 Å². The Hall–Kier alpha value is -13.8. The molecule has 20 nitrogen and oxygen atoms in total. The number of nitrogens with zero attached hydrogens (tertiary/aromatic N) is 12. The number of imidazole rings is 4. The topological polar surface area (TPSA) is 262 Å². The largest absolute Gasteiger partial charge is 0.361 e. The fraction of sp³-hybridized carbons (Fsp3) is 0.211. The van der Waals surface area contributed by atoms with Crippen molar-refractivity contribution in [3.8, 4) is 89.1 Å². The highest BCUT2D eigenvalue weighted by molar-refractivity contribution is 6.08. The van der Waals surface area contributed by atoms with Gasteiger partial charge in [-0.1, -0.05) is 87.4 Å². The lowest BCUT2D eigenvalue weighted by Crippen LogP contribution is -1.91. The third-order valence-electron chi connectivity index (χ3n) is 23.2. The van der Waals surface area contributed by atoms with E-state index in [1.165, 1.54) is 62.3 Å². The van der Waals surface area contributed by atoms with Gasteiger partial charge in [-0.2, -0.15) is 0 Å². The Morgan fingerprint density at radius 3 is 1.21 bits per heavy atom. The van der Waals surface area contributed by atoms with E-state index in [2.05, 4.69) is 212 Å². The van der Waals surface area contributed by atoms with E-state index in [0.717, 1.165) is 230 Å². The van der Waals surface area contributed by atoms with Gasteiger partial charge in [-0.3, -0.25) is 15.0 Å². The van der Waals surface area contributed by atoms with Crippen LogP contribution in [0.4, 0.5) is 0 Å². The number of nitrogens with one attached hydrogen (secondary N) is 4. The van der Waals surface area contributed by atoms with Crippen LogP contribution in [0, 0.1) is 55.4 Å². The Balaban J connectivity index is 0.0000000961. The summed E-state index contributed by atoms with van der Waals surface area (Å²) in [5, 5.41) is 21.2. The highest BCUT2D eigenvalue weighted by Gasteiger charge is 2.33. The van der Waals surface area contributed by atoms with Crippen LogP contribution in [0.2, 0.25) is 0 Å². The number of para-hydroxylation sites is 1. The zero-order valence-corrected chi connectivity index (χ0v) is 64.9. The van der Waals surface area contributed by atoms with Gasteiger partial charge in [0.05, 0.1) is 83.6 Å². The average molecular weight is 1510 g/mol. The fourth-order valence-electron chi connectivity index (χ4n) is 17.0. The summed E-state index contributed by atoms with van der Waals surface area (Å²) >= 11 is 0. The molecule has 0 amide bonds. The van der Waals surface area contributed by atoms with Gasteiger partial charge in [0, 0.05) is 126 Å². The van der Waals surface area contributed by atoms with Crippen molar-refractivity contribution in [2.24, 2.45) is 0 Å². The molecule has 24 rings (SSSR count). The molecule has 4 aliphatic carbocycles. The van der Waals surface area contributed by atoms with Crippen LogP contribution in [0.5, 0.6) is 0 Å². The molecule has 0 radical (unpaired) electrons. The van der Waals surface area contributed by atoms with Gasteiger partial charge in [-0.05, 0) is 243 Å². The van der Waals surface area contributed by atoms with E-state index in [4.69, 9.17) is 38.0 Å². The van der Waals surface area contributed by atoms with Crippen molar-refractivity contribution in [2.45, 2.75) is 130 Å². The van der Waals surface area contributed by atoms with Crippen molar-refractivity contribution in [1.29, 1.82) is 0 Å². The van der Waals surface area contributed by atoms with Gasteiger partial charge in [-0.15, -0.1) is 0 Å². The molecule has 20 aromatic rings. The highest BCUT2D eigenvalue weighted by atomic mass is 16.5. The minimum atomic E-state index is 0.559. The van der Waals surface area contributed by atoms with Gasteiger partial charge in [0.1, 0.15) is 46.3 Å². The number of rotatable bonds is 12. The van der Waals surface area contributed by atoms with Gasteiger partial charge < -0.3 is 42.4 Å². The molecule has 0 atom stereocenters. The van der Waals surface area contributed by atoms with E-state index < -0.39 is 0 Å². The molecule has 0 saturated heterocycles. The van der Waals surface area contributed by atoms with E-state index in [0.29, 0.717) is 23.7 Å². The van der Waals surface area contributed by atoms with E-state index in [-0.39, 0.29) is 0 Å². The van der Waals surface area contributed by atoms with Crippen molar-refractivity contribution in [3.63, 3.8) is 0 Å². The van der Waals surface area contributed by atoms with Crippen LogP contribution in [0.25, 0.3) is 171 Å². The van der Waals surface area contributed by atoms with Crippen molar-refractivity contribution < 1.29 is 18.1 Å². The molecule has 4 N–H and O–H groups in total. The van der Waals surface area contributed by atoms with Crippen molar-refractivity contribution in [3.05, 3.63) is 264 Å². The summed E-state index contributed by atoms with van der Waals surface area (Å²) in [6.07, 6.45) is 19.3. The molecule has 0 aliphatic heterocycles. The first-order valence-electron chi connectivity index (χ1n) is 39.7. The Kier molecular flexibility index (Phi) is 16.6. The third kappa shape index (κ3) is 12.6. The first kappa shape index (κ1) is 69.2. The summed E-state index contributed by atoms with van der Waals surface area (Å²) < 4.78 is 24.0. The maximum Gasteiger partial charge on any atom is 0.141 e. The van der Waals surface area contributed by atoms with Gasteiger partial charge in [0.25, 0.3) is 0 Å². The molecule has 7 aromatic carbocycles. The Morgan fingerprint density at radius 1 is 0.330 bits per heavy atom. The Bertz CT molecular complexity index is 6630. The number of benzene rings is 7. The second kappa shape index (κ2) is 27.6. The van der Waals surface area contributed by atoms with Crippen LogP contribution < -0.4 is 0 Å². The van der Waals surface area contributed by atoms with E-state index in [9.17, 15) is 0 Å². The lowest BCUT2D eigenvalue weighted by molar-refractivity contribution is 0.393. The van der Waals surface area contributed by atoms with Crippen LogP contribution in [-0.4, -0.2) is 79.9 Å². The van der Waals surface area contributed by atoms with E-state index >= 15 is 0 Å². The Labute approximate surface area is 659 Å². The molecule has 0 unspecified atom stereocenters. The Morgan fingerprint density at radius 2 is 0.739 bits per heavy atom. The highest BCUT2D eigenvalue weighted by Crippen LogP contribution is 2.48. The average Bonchev–Trinajstić information content (AvgIpc) is 1.64. The van der Waals surface area contributed by atoms with Crippen molar-refractivity contribution >= 4 is 82.2 Å². The molecule has 564 valence electrons. The normalized spacial score (nSPS) is 14.2. The second-order valence-corrected chi connectivity index (χ2v) is 31.4. The maximum atomic E-state index is 5.45. The minimum Gasteiger partial charge on any atom is -0.361 e. The van der Waals surface area contributed by atoms with Crippen LogP contribution in [-0.2, 0) is 0 Å². The van der Waals surface area contributed by atoms with Gasteiger partial charge in [-0.25, -0.2) is 19.9 Å². The summed E-state index contributed by atoms with van der Waals surface area (Å²) in [7, 11) is 0. The van der Waals surface area contributed by atoms with Crippen LogP contribution >= 0.6 is 0 Å². The number of pyridine rings is 4. The molecule has 4 saturated carbocycles. The number of aromatic amines is 4. The lowest BCUT2D eigenvalue weighted by Gasteiger charge is -2.10. The third-order valence-corrected chi connectivity index (χ3v) is 23.2. The molecule has 4 aliphatic rings. The molecule has 4 fully saturated rings. The number of fused-ring (bicyclic) bond motifs is 8. The van der Waals surface area contributed by atoms with Gasteiger partial charge in [0.2, 0.25) is 0 Å². The molecule has 20 heteroatoms. The van der Waals surface area contributed by atoms with Gasteiger partial charge in [0.15, 0.2) is 0 Å². The summed E-state index contributed by atoms with van der Waals surface area (Å²) in [6, 6.07) is 57.3. The number of aromatic nitrogens is 16. The second-order valence-electron chi connectivity index (χ2n) is 31.4. The number of aryl methyl sites for hydroxylation is 8. The van der Waals surface area contributed by atoms with E-state index in [1.807, 2.05) is 98.4 Å². The van der Waals surface area contributed by atoms with Crippen LogP contribution in [0.3, 0.4) is 0 Å². The first-order valence-corrected chi connectivity index (χ1v) is 39.7. The molecular weight excluding hydrogens is 1430 g/mol. The number of H-pyrrole nitrogens is 4. The summed E-state index contributed by atoms with van der Waals surface area (Å²) in [5.74, 6) is 9.96. The van der Waals surface area contributed by atoms with Crippen LogP contribution in [0.1, 0.15) is 144 Å². The predicted molar refractivity (Wildman–Crippen MR) is 451 cm³/mol. The standard InChI is InChI=1S/3C24H20N4O.C23H20N4O/c1-13-22(14(2)29-28-13)16-11-19(17-5-3-7-20-18(17)6-4-10-25-20)23-21(12-16)26-24(27-23)15-8-9-15;1-13-21(14(2)29-28-13)17-11-19(18-7-3-5-15-6-4-10-25-22(15)18)23-20(12-17)26-24(27-23)16-8-9-16;1-13-22(14(2)29-28-13)17-10-20(19-5-3-4-16-12-25-9-8-18(16)19)23-21(11-17)26-24(27-23)15-6-7-15;1-13-21(14(2)28-26-13)16-11-18(20-9-8-17-5-3-4-10-27(17)20)22-19(12-16)24-23(25-22)15-6-7-15/h3-7,10-12,15H,8-9H2,1-2H3,(H,26,27);3-7,10-12,16H,8-9H2,1-2H3,(H,26,27);3-5,8-12,15H,6-7H2,1-2H3,(H,26,27);3-5,8-12,15H,6-7H2,1-2H3,(H,24,25). The predicted octanol–water partition coefficient (Wildman–Crippen LogP) is 23.4. The lowest BCUT2D eigenvalue weighted by atomic mass is 9.94. The van der Waals surface area contributed by atoms with Gasteiger partial charge >= 0.3 is 0 Å². The zero-order valence-electron chi connectivity index (χ0n) is 64.9. The van der Waals surface area contributed by atoms with Crippen molar-refractivity contribution in [2.75, 3.05) is 0 Å². The molecule has 13 heterocycles. The molecular formula is C95H80N16O4. The molecule has 0 bridgehead atoms. The first-order chi connectivity index (χ1) is 56.2. The molecule has 0 spiro atoms. The molecule has 13 aromatic heterocycles. The van der Waals surface area contributed by atoms with E-state index in [1.54, 1.807) is 0 Å². The van der Waals surface area contributed by atoms with Crippen molar-refractivity contribution in [1.82, 2.24) is 79.9 Å². The summed E-state index contributed by atoms with van der Waals surface area (Å²) in [5.41, 5.74) is 32.6.